The highest BCUT2D eigenvalue weighted by Gasteiger charge is 2.35. The van der Waals surface area contributed by atoms with Crippen molar-refractivity contribution in [1.82, 2.24) is 14.8 Å². The molecular weight excluding hydrogens is 449 g/mol. The van der Waals surface area contributed by atoms with Crippen LogP contribution in [0.2, 0.25) is 5.02 Å². The van der Waals surface area contributed by atoms with E-state index in [1.54, 1.807) is 42.6 Å². The van der Waals surface area contributed by atoms with Gasteiger partial charge in [0, 0.05) is 22.2 Å². The zero-order valence-corrected chi connectivity index (χ0v) is 17.5. The van der Waals surface area contributed by atoms with Gasteiger partial charge in [0.25, 0.3) is 5.91 Å². The number of aryl methyl sites for hydroxylation is 1. The molecule has 4 aromatic rings. The van der Waals surface area contributed by atoms with Crippen LogP contribution in [-0.4, -0.2) is 20.7 Å². The lowest BCUT2D eigenvalue weighted by Gasteiger charge is -2.10. The Labute approximate surface area is 184 Å². The number of para-hydroxylation sites is 1. The number of thiazole rings is 1. The highest BCUT2D eigenvalue weighted by Crippen LogP contribution is 2.34. The molecule has 158 valence electrons. The molecule has 0 spiro atoms. The number of nitrogens with one attached hydrogen (secondary N) is 1. The largest absolute Gasteiger partial charge is 0.435 e. The summed E-state index contributed by atoms with van der Waals surface area (Å²) in [5, 5.41) is 7.15. The highest BCUT2D eigenvalue weighted by molar-refractivity contribution is 7.15. The second-order valence-corrected chi connectivity index (χ2v) is 8.23. The lowest BCUT2D eigenvalue weighted by Crippen LogP contribution is -2.11. The summed E-state index contributed by atoms with van der Waals surface area (Å²) in [6.45, 7) is 1.87. The number of alkyl halides is 3. The first-order valence-electron chi connectivity index (χ1n) is 8.99. The third kappa shape index (κ3) is 4.47. The van der Waals surface area contributed by atoms with Crippen LogP contribution in [0.15, 0.2) is 60.8 Å². The average Bonchev–Trinajstić information content (AvgIpc) is 3.35. The van der Waals surface area contributed by atoms with Crippen molar-refractivity contribution in [1.29, 1.82) is 0 Å². The minimum Gasteiger partial charge on any atom is -0.298 e. The van der Waals surface area contributed by atoms with Crippen LogP contribution in [-0.2, 0) is 6.18 Å². The average molecular weight is 463 g/mol. The van der Waals surface area contributed by atoms with Gasteiger partial charge in [0.15, 0.2) is 10.8 Å². The fraction of sp³-hybridized carbons (Fsp3) is 0.0952. The maximum Gasteiger partial charge on any atom is 0.435 e. The molecule has 0 aliphatic carbocycles. The molecule has 0 fully saturated rings. The summed E-state index contributed by atoms with van der Waals surface area (Å²) in [6, 6.07) is 13.6. The second kappa shape index (κ2) is 8.16. The van der Waals surface area contributed by atoms with E-state index in [0.29, 0.717) is 21.9 Å². The SMILES string of the molecule is Cc1cnc(NC(=O)c2ccc(-c3cc(C(F)(F)F)nn3-c3ccccc3Cl)cc2)s1. The number of rotatable bonds is 4. The molecule has 5 nitrogen and oxygen atoms in total. The van der Waals surface area contributed by atoms with Crippen molar-refractivity contribution in [3.63, 3.8) is 0 Å². The molecule has 2 aromatic carbocycles. The summed E-state index contributed by atoms with van der Waals surface area (Å²) in [5.41, 5.74) is 0.267. The Kier molecular flexibility index (Phi) is 5.55. The Hall–Kier alpha value is -3.17. The maximum absolute atomic E-state index is 13.3. The molecule has 1 N–H and O–H groups in total. The number of hydrogen-bond donors (Lipinski definition) is 1. The number of hydrogen-bond acceptors (Lipinski definition) is 4. The topological polar surface area (TPSA) is 59.8 Å². The third-order valence-corrected chi connectivity index (χ3v) is 5.51. The zero-order valence-electron chi connectivity index (χ0n) is 15.9. The number of halogens is 4. The molecule has 2 heterocycles. The molecule has 0 aliphatic heterocycles. The molecule has 0 bridgehead atoms. The number of nitrogens with zero attached hydrogens (tertiary/aromatic N) is 3. The molecular formula is C21H14ClF3N4OS. The minimum absolute atomic E-state index is 0.197. The summed E-state index contributed by atoms with van der Waals surface area (Å²) in [6.07, 6.45) is -2.97. The Bertz CT molecular complexity index is 1250. The Morgan fingerprint density at radius 2 is 1.84 bits per heavy atom. The smallest absolute Gasteiger partial charge is 0.298 e. The van der Waals surface area contributed by atoms with Crippen molar-refractivity contribution in [3.8, 4) is 16.9 Å². The standard InChI is InChI=1S/C21H14ClF3N4OS/c1-12-11-26-20(31-12)27-19(30)14-8-6-13(7-9-14)17-10-18(21(23,24)25)28-29(17)16-5-3-2-4-15(16)22/h2-11H,1H3,(H,26,27,30). The van der Waals surface area contributed by atoms with Crippen molar-refractivity contribution in [2.24, 2.45) is 0 Å². The first-order valence-corrected chi connectivity index (χ1v) is 10.2. The fourth-order valence-corrected chi connectivity index (χ4v) is 3.78. The molecule has 0 saturated carbocycles. The predicted octanol–water partition coefficient (Wildman–Crippen LogP) is 6.23. The van der Waals surface area contributed by atoms with Gasteiger partial charge in [0.2, 0.25) is 0 Å². The molecule has 4 rings (SSSR count). The van der Waals surface area contributed by atoms with Crippen molar-refractivity contribution in [3.05, 3.63) is 82.0 Å². The molecule has 1 amide bonds. The van der Waals surface area contributed by atoms with E-state index in [4.69, 9.17) is 11.6 Å². The van der Waals surface area contributed by atoms with Crippen molar-refractivity contribution < 1.29 is 18.0 Å². The van der Waals surface area contributed by atoms with Gasteiger partial charge in [0.05, 0.1) is 16.4 Å². The molecule has 31 heavy (non-hydrogen) atoms. The van der Waals surface area contributed by atoms with E-state index in [9.17, 15) is 18.0 Å². The first kappa shape index (κ1) is 21.1. The van der Waals surface area contributed by atoms with Gasteiger partial charge < -0.3 is 0 Å². The van der Waals surface area contributed by atoms with E-state index in [1.807, 2.05) is 6.92 Å². The van der Waals surface area contributed by atoms with Crippen LogP contribution in [0.3, 0.4) is 0 Å². The molecule has 0 unspecified atom stereocenters. The molecule has 2 aromatic heterocycles. The van der Waals surface area contributed by atoms with E-state index in [2.05, 4.69) is 15.4 Å². The Morgan fingerprint density at radius 1 is 1.13 bits per heavy atom. The highest BCUT2D eigenvalue weighted by atomic mass is 35.5. The summed E-state index contributed by atoms with van der Waals surface area (Å²) in [7, 11) is 0. The minimum atomic E-state index is -4.62. The zero-order chi connectivity index (χ0) is 22.2. The summed E-state index contributed by atoms with van der Waals surface area (Å²) in [5.74, 6) is -0.364. The van der Waals surface area contributed by atoms with Crippen molar-refractivity contribution >= 4 is 34.0 Å². The van der Waals surface area contributed by atoms with Gasteiger partial charge in [-0.25, -0.2) is 9.67 Å². The lowest BCUT2D eigenvalue weighted by molar-refractivity contribution is -0.141. The van der Waals surface area contributed by atoms with Crippen LogP contribution in [0.25, 0.3) is 16.9 Å². The van der Waals surface area contributed by atoms with Gasteiger partial charge in [-0.15, -0.1) is 11.3 Å². The number of aromatic nitrogens is 3. The van der Waals surface area contributed by atoms with Crippen LogP contribution >= 0.6 is 22.9 Å². The van der Waals surface area contributed by atoms with Crippen LogP contribution in [0.1, 0.15) is 20.9 Å². The van der Waals surface area contributed by atoms with Crippen molar-refractivity contribution in [2.45, 2.75) is 13.1 Å². The summed E-state index contributed by atoms with van der Waals surface area (Å²) in [4.78, 5) is 17.5. The van der Waals surface area contributed by atoms with Crippen LogP contribution in [0.4, 0.5) is 18.3 Å². The number of amides is 1. The van der Waals surface area contributed by atoms with Crippen LogP contribution in [0.5, 0.6) is 0 Å². The van der Waals surface area contributed by atoms with E-state index in [1.165, 1.54) is 23.5 Å². The number of benzene rings is 2. The summed E-state index contributed by atoms with van der Waals surface area (Å²) >= 11 is 7.53. The van der Waals surface area contributed by atoms with E-state index in [0.717, 1.165) is 15.6 Å². The number of anilines is 1. The van der Waals surface area contributed by atoms with Gasteiger partial charge in [-0.3, -0.25) is 10.1 Å². The number of carbonyl (C=O) groups is 1. The van der Waals surface area contributed by atoms with E-state index in [-0.39, 0.29) is 16.6 Å². The summed E-state index contributed by atoms with van der Waals surface area (Å²) < 4.78 is 41.1. The quantitative estimate of drug-likeness (QED) is 0.391. The lowest BCUT2D eigenvalue weighted by atomic mass is 10.1. The third-order valence-electron chi connectivity index (χ3n) is 4.37. The van der Waals surface area contributed by atoms with Crippen LogP contribution < -0.4 is 5.32 Å². The predicted molar refractivity (Wildman–Crippen MR) is 114 cm³/mol. The molecule has 0 atom stereocenters. The molecule has 0 saturated heterocycles. The van der Waals surface area contributed by atoms with E-state index >= 15 is 0 Å². The van der Waals surface area contributed by atoms with Gasteiger partial charge >= 0.3 is 6.18 Å². The van der Waals surface area contributed by atoms with Gasteiger partial charge in [0.1, 0.15) is 0 Å². The molecule has 0 aliphatic rings. The Morgan fingerprint density at radius 3 is 2.45 bits per heavy atom. The second-order valence-electron chi connectivity index (χ2n) is 6.58. The molecule has 10 heteroatoms. The van der Waals surface area contributed by atoms with E-state index < -0.39 is 11.9 Å². The van der Waals surface area contributed by atoms with Crippen LogP contribution in [0, 0.1) is 6.92 Å². The van der Waals surface area contributed by atoms with Gasteiger partial charge in [-0.1, -0.05) is 35.9 Å². The Balaban J connectivity index is 1.69. The van der Waals surface area contributed by atoms with Gasteiger partial charge in [-0.05, 0) is 37.3 Å². The monoisotopic (exact) mass is 462 g/mol. The normalized spacial score (nSPS) is 11.5. The maximum atomic E-state index is 13.3. The molecule has 0 radical (unpaired) electrons. The first-order chi connectivity index (χ1) is 14.7. The number of carbonyl (C=O) groups excluding carboxylic acids is 1. The van der Waals surface area contributed by atoms with Crippen molar-refractivity contribution in [2.75, 3.05) is 5.32 Å². The fourth-order valence-electron chi connectivity index (χ4n) is 2.91. The van der Waals surface area contributed by atoms with Gasteiger partial charge in [-0.2, -0.15) is 18.3 Å².